The van der Waals surface area contributed by atoms with Gasteiger partial charge in [-0.2, -0.15) is 0 Å². The number of hydrogen-bond donors (Lipinski definition) is 1. The number of fused-ring (bicyclic) bond motifs is 1. The summed E-state index contributed by atoms with van der Waals surface area (Å²) in [7, 11) is 1.51. The van der Waals surface area contributed by atoms with Gasteiger partial charge >= 0.3 is 0 Å². The molecule has 0 radical (unpaired) electrons. The van der Waals surface area contributed by atoms with Gasteiger partial charge in [0, 0.05) is 30.7 Å². The summed E-state index contributed by atoms with van der Waals surface area (Å²) in [5.41, 5.74) is 2.35. The number of aromatic nitrogens is 1. The summed E-state index contributed by atoms with van der Waals surface area (Å²) in [5.74, 6) is -0.673. The Morgan fingerprint density at radius 2 is 1.88 bits per heavy atom. The number of anilines is 2. The van der Waals surface area contributed by atoms with E-state index in [0.717, 1.165) is 4.90 Å². The summed E-state index contributed by atoms with van der Waals surface area (Å²) in [4.78, 5) is 41.5. The van der Waals surface area contributed by atoms with Gasteiger partial charge in [-0.25, -0.2) is 9.88 Å². The third-order valence-electron chi connectivity index (χ3n) is 4.96. The van der Waals surface area contributed by atoms with Gasteiger partial charge in [-0.1, -0.05) is 30.3 Å². The molecule has 0 aliphatic carbocycles. The van der Waals surface area contributed by atoms with Crippen LogP contribution in [-0.4, -0.2) is 28.8 Å². The molecule has 4 rings (SSSR count). The Balaban J connectivity index is 1.94. The number of carbonyl (C=O) groups excluding carboxylic acids is 2. The summed E-state index contributed by atoms with van der Waals surface area (Å²) < 4.78 is 5.09. The fraction of sp³-hybridized carbons (Fsp3) is 0.0870. The molecular formula is C23H18N4O5. The highest BCUT2D eigenvalue weighted by molar-refractivity contribution is 6.43. The second-order valence-corrected chi connectivity index (χ2v) is 6.95. The number of rotatable bonds is 5. The number of carbonyl (C=O) groups is 2. The molecule has 3 aromatic rings. The molecule has 0 spiro atoms. The van der Waals surface area contributed by atoms with E-state index >= 15 is 0 Å². The smallest absolute Gasteiger partial charge is 0.271 e. The molecule has 1 aromatic heterocycles. The molecule has 2 amide bonds. The Kier molecular flexibility index (Phi) is 5.38. The molecule has 0 bridgehead atoms. The van der Waals surface area contributed by atoms with E-state index in [1.807, 2.05) is 30.3 Å². The second-order valence-electron chi connectivity index (χ2n) is 6.95. The molecule has 1 aliphatic rings. The number of imide groups is 1. The molecule has 2 heterocycles. The van der Waals surface area contributed by atoms with Crippen LogP contribution < -0.4 is 15.0 Å². The van der Waals surface area contributed by atoms with E-state index in [0.29, 0.717) is 28.4 Å². The van der Waals surface area contributed by atoms with Crippen LogP contribution in [0.3, 0.4) is 0 Å². The maximum Gasteiger partial charge on any atom is 0.271 e. The van der Waals surface area contributed by atoms with Crippen LogP contribution in [0.2, 0.25) is 0 Å². The number of pyridine rings is 1. The largest absolute Gasteiger partial charge is 0.481 e. The number of hydrogen-bond acceptors (Lipinski definition) is 7. The number of nitrogens with one attached hydrogen (secondary N) is 1. The Bertz CT molecular complexity index is 1250. The Hall–Kier alpha value is -4.53. The van der Waals surface area contributed by atoms with Gasteiger partial charge in [0.25, 0.3) is 11.6 Å². The van der Waals surface area contributed by atoms with Crippen LogP contribution in [0.4, 0.5) is 17.1 Å². The van der Waals surface area contributed by atoms with Crippen LogP contribution >= 0.6 is 0 Å². The zero-order valence-electron chi connectivity index (χ0n) is 17.2. The maximum atomic E-state index is 13.4. The molecule has 0 unspecified atom stereocenters. The van der Waals surface area contributed by atoms with Crippen molar-refractivity contribution in [3.05, 3.63) is 88.1 Å². The third-order valence-corrected chi connectivity index (χ3v) is 4.96. The number of nitrogens with zero attached hydrogens (tertiary/aromatic N) is 3. The van der Waals surface area contributed by atoms with Gasteiger partial charge in [-0.15, -0.1) is 0 Å². The number of nitro groups is 1. The zero-order chi connectivity index (χ0) is 22.8. The molecule has 160 valence electrons. The fourth-order valence-electron chi connectivity index (χ4n) is 3.52. The Morgan fingerprint density at radius 1 is 1.12 bits per heavy atom. The highest BCUT2D eigenvalue weighted by atomic mass is 16.6. The van der Waals surface area contributed by atoms with Crippen molar-refractivity contribution in [2.24, 2.45) is 0 Å². The minimum atomic E-state index is -0.569. The van der Waals surface area contributed by atoms with E-state index in [2.05, 4.69) is 10.3 Å². The predicted molar refractivity (Wildman–Crippen MR) is 119 cm³/mol. The number of methoxy groups -OCH3 is 1. The molecule has 0 saturated carbocycles. The van der Waals surface area contributed by atoms with Crippen LogP contribution in [0.1, 0.15) is 18.1 Å². The molecule has 1 aliphatic heterocycles. The van der Waals surface area contributed by atoms with Crippen LogP contribution in [0.5, 0.6) is 5.88 Å². The van der Waals surface area contributed by atoms with Gasteiger partial charge in [0.15, 0.2) is 0 Å². The Morgan fingerprint density at radius 3 is 2.47 bits per heavy atom. The van der Waals surface area contributed by atoms with Gasteiger partial charge < -0.3 is 10.1 Å². The fourth-order valence-corrected chi connectivity index (χ4v) is 3.52. The van der Waals surface area contributed by atoms with Gasteiger partial charge in [-0.3, -0.25) is 19.7 Å². The second kappa shape index (κ2) is 8.31. The van der Waals surface area contributed by atoms with Gasteiger partial charge in [0.05, 0.1) is 40.9 Å². The summed E-state index contributed by atoms with van der Waals surface area (Å²) in [6, 6.07) is 16.6. The topological polar surface area (TPSA) is 115 Å². The molecule has 9 heteroatoms. The van der Waals surface area contributed by atoms with Crippen molar-refractivity contribution >= 4 is 40.1 Å². The van der Waals surface area contributed by atoms with Gasteiger partial charge in [0.2, 0.25) is 11.8 Å². The lowest BCUT2D eigenvalue weighted by Crippen LogP contribution is -2.31. The van der Waals surface area contributed by atoms with Gasteiger partial charge in [0.1, 0.15) is 0 Å². The molecule has 0 atom stereocenters. The van der Waals surface area contributed by atoms with E-state index < -0.39 is 16.7 Å². The first-order valence-electron chi connectivity index (χ1n) is 9.61. The van der Waals surface area contributed by atoms with Crippen molar-refractivity contribution in [3.63, 3.8) is 0 Å². The summed E-state index contributed by atoms with van der Waals surface area (Å²) in [5, 5.41) is 14.5. The lowest BCUT2D eigenvalue weighted by Gasteiger charge is -2.15. The normalized spacial score (nSPS) is 14.1. The van der Waals surface area contributed by atoms with E-state index in [9.17, 15) is 19.7 Å². The average molecular weight is 430 g/mol. The first-order valence-corrected chi connectivity index (χ1v) is 9.61. The van der Waals surface area contributed by atoms with Crippen molar-refractivity contribution in [2.75, 3.05) is 17.3 Å². The Labute approximate surface area is 183 Å². The van der Waals surface area contributed by atoms with E-state index in [1.165, 1.54) is 32.2 Å². The van der Waals surface area contributed by atoms with Crippen molar-refractivity contribution in [1.82, 2.24) is 4.98 Å². The molecular weight excluding hydrogens is 412 g/mol. The quantitative estimate of drug-likeness (QED) is 0.371. The predicted octanol–water partition coefficient (Wildman–Crippen LogP) is 3.87. The van der Waals surface area contributed by atoms with Crippen molar-refractivity contribution in [2.45, 2.75) is 6.92 Å². The zero-order valence-corrected chi connectivity index (χ0v) is 17.2. The summed E-state index contributed by atoms with van der Waals surface area (Å²) in [6.07, 6.45) is 1.56. The highest BCUT2D eigenvalue weighted by Crippen LogP contribution is 2.42. The molecule has 1 N–H and O–H groups in total. The van der Waals surface area contributed by atoms with Crippen LogP contribution in [-0.2, 0) is 9.59 Å². The molecule has 0 saturated heterocycles. The third kappa shape index (κ3) is 3.67. The highest BCUT2D eigenvalue weighted by Gasteiger charge is 2.38. The number of nitro benzene ring substituents is 1. The number of non-ortho nitro benzene ring substituents is 1. The number of amides is 2. The molecule has 0 fully saturated rings. The lowest BCUT2D eigenvalue weighted by atomic mass is 10.00. The molecule has 9 nitrogen and oxygen atoms in total. The summed E-state index contributed by atoms with van der Waals surface area (Å²) in [6.45, 7) is 1.24. The van der Waals surface area contributed by atoms with Crippen molar-refractivity contribution in [3.8, 4) is 5.88 Å². The lowest BCUT2D eigenvalue weighted by molar-refractivity contribution is -0.384. The molecule has 2 aromatic carbocycles. The first kappa shape index (κ1) is 20.7. The number of benzene rings is 2. The molecule has 32 heavy (non-hydrogen) atoms. The monoisotopic (exact) mass is 430 g/mol. The van der Waals surface area contributed by atoms with Crippen LogP contribution in [0.25, 0.3) is 11.3 Å². The van der Waals surface area contributed by atoms with Crippen LogP contribution in [0, 0.1) is 10.1 Å². The maximum absolute atomic E-state index is 13.4. The van der Waals surface area contributed by atoms with E-state index in [4.69, 9.17) is 4.74 Å². The SMILES string of the molecule is COc1ccc(N/C(=C2\C(=O)N(C(C)=O)c3cc([N+](=O)[O-])ccc32)c2ccccc2)cn1. The van der Waals surface area contributed by atoms with Gasteiger partial charge in [-0.05, 0) is 17.7 Å². The van der Waals surface area contributed by atoms with Crippen molar-refractivity contribution in [1.29, 1.82) is 0 Å². The standard InChI is InChI=1S/C23H18N4O5/c1-14(28)26-19-12-17(27(30)31)9-10-18(19)21(23(26)29)22(15-6-4-3-5-7-15)25-16-8-11-20(32-2)24-13-16/h3-13,25H,1-2H3/b22-21-. The van der Waals surface area contributed by atoms with E-state index in [-0.39, 0.29) is 16.9 Å². The summed E-state index contributed by atoms with van der Waals surface area (Å²) >= 11 is 0. The minimum absolute atomic E-state index is 0.176. The average Bonchev–Trinajstić information content (AvgIpc) is 3.09. The van der Waals surface area contributed by atoms with E-state index in [1.54, 1.807) is 18.3 Å². The minimum Gasteiger partial charge on any atom is -0.481 e. The van der Waals surface area contributed by atoms with Crippen LogP contribution in [0.15, 0.2) is 66.9 Å². The van der Waals surface area contributed by atoms with Crippen molar-refractivity contribution < 1.29 is 19.2 Å². The number of ether oxygens (including phenoxy) is 1. The first-order chi connectivity index (χ1) is 15.4.